The van der Waals surface area contributed by atoms with Crippen LogP contribution in [0.5, 0.6) is 17.2 Å². The van der Waals surface area contributed by atoms with Crippen molar-refractivity contribution >= 4 is 34.5 Å². The molecule has 9 heteroatoms. The molecule has 1 N–H and O–H groups in total. The Morgan fingerprint density at radius 3 is 2.71 bits per heavy atom. The van der Waals surface area contributed by atoms with Crippen molar-refractivity contribution in [3.8, 4) is 17.2 Å². The molecule has 3 aromatic carbocycles. The Morgan fingerprint density at radius 1 is 1.09 bits per heavy atom. The molecule has 1 aromatic heterocycles. The largest absolute Gasteiger partial charge is 0.497 e. The van der Waals surface area contributed by atoms with Gasteiger partial charge in [-0.2, -0.15) is 0 Å². The maximum absolute atomic E-state index is 13.6. The van der Waals surface area contributed by atoms with Gasteiger partial charge in [-0.15, -0.1) is 0 Å². The van der Waals surface area contributed by atoms with E-state index in [0.29, 0.717) is 29.7 Å². The van der Waals surface area contributed by atoms with Crippen LogP contribution in [0, 0.1) is 0 Å². The summed E-state index contributed by atoms with van der Waals surface area (Å²) in [5, 5.41) is 2.87. The van der Waals surface area contributed by atoms with E-state index in [4.69, 9.17) is 19.2 Å². The Kier molecular flexibility index (Phi) is 5.02. The van der Waals surface area contributed by atoms with Gasteiger partial charge in [0.25, 0.3) is 5.91 Å². The molecule has 0 saturated carbocycles. The lowest BCUT2D eigenvalue weighted by Gasteiger charge is -2.16. The van der Waals surface area contributed by atoms with Crippen molar-refractivity contribution in [2.24, 2.45) is 0 Å². The highest BCUT2D eigenvalue weighted by Gasteiger charge is 2.41. The van der Waals surface area contributed by atoms with Gasteiger partial charge in [0.05, 0.1) is 31.1 Å². The summed E-state index contributed by atoms with van der Waals surface area (Å²) in [5.41, 5.74) is 3.10. The van der Waals surface area contributed by atoms with E-state index in [1.54, 1.807) is 30.2 Å². The van der Waals surface area contributed by atoms with Crippen molar-refractivity contribution in [1.82, 2.24) is 9.55 Å². The van der Waals surface area contributed by atoms with Crippen LogP contribution in [0.3, 0.4) is 0 Å². The summed E-state index contributed by atoms with van der Waals surface area (Å²) in [4.78, 5) is 32.9. The predicted molar refractivity (Wildman–Crippen MR) is 129 cm³/mol. The molecule has 0 radical (unpaired) electrons. The lowest BCUT2D eigenvalue weighted by molar-refractivity contribution is -0.124. The van der Waals surface area contributed by atoms with Crippen LogP contribution in [0.1, 0.15) is 18.0 Å². The van der Waals surface area contributed by atoms with Gasteiger partial charge in [-0.25, -0.2) is 4.98 Å². The maximum atomic E-state index is 13.6. The van der Waals surface area contributed by atoms with E-state index >= 15 is 0 Å². The number of rotatable bonds is 6. The number of ether oxygens (including phenoxy) is 3. The number of carbonyl (C=O) groups excluding carboxylic acids is 2. The number of imidazole rings is 1. The van der Waals surface area contributed by atoms with Gasteiger partial charge in [-0.3, -0.25) is 19.1 Å². The highest BCUT2D eigenvalue weighted by Crippen LogP contribution is 2.38. The second kappa shape index (κ2) is 8.35. The second-order valence-corrected chi connectivity index (χ2v) is 8.38. The number of methoxy groups -OCH3 is 1. The molecular formula is C26H22N4O5. The molecule has 1 unspecified atom stereocenters. The topological polar surface area (TPSA) is 94.9 Å². The molecule has 0 fully saturated rings. The van der Waals surface area contributed by atoms with E-state index in [0.717, 1.165) is 22.3 Å². The fourth-order valence-electron chi connectivity index (χ4n) is 4.52. The summed E-state index contributed by atoms with van der Waals surface area (Å²) in [7, 11) is 1.61. The Bertz CT molecular complexity index is 1450. The van der Waals surface area contributed by atoms with Crippen molar-refractivity contribution in [1.29, 1.82) is 0 Å². The van der Waals surface area contributed by atoms with Crippen LogP contribution in [0.4, 0.5) is 11.6 Å². The second-order valence-electron chi connectivity index (χ2n) is 8.38. The van der Waals surface area contributed by atoms with Crippen LogP contribution in [0.25, 0.3) is 11.0 Å². The number of carbonyl (C=O) groups is 2. The number of hydrogen-bond donors (Lipinski definition) is 1. The average Bonchev–Trinajstić information content (AvgIpc) is 3.55. The number of para-hydroxylation sites is 2. The molecule has 0 aliphatic carbocycles. The monoisotopic (exact) mass is 470 g/mol. The van der Waals surface area contributed by atoms with Crippen LogP contribution < -0.4 is 24.4 Å². The maximum Gasteiger partial charge on any atom is 0.253 e. The molecular weight excluding hydrogens is 448 g/mol. The zero-order valence-corrected chi connectivity index (χ0v) is 18.9. The SMILES string of the molecule is COc1ccc(CN2C(=O)C(CC(=O)Nc3ccc4c(c3)OCO4)n3c2nc2ccccc23)cc1. The molecule has 0 spiro atoms. The molecule has 3 heterocycles. The first-order valence-corrected chi connectivity index (χ1v) is 11.2. The Balaban J connectivity index is 1.28. The first-order chi connectivity index (χ1) is 17.1. The van der Waals surface area contributed by atoms with Gasteiger partial charge in [0, 0.05) is 11.8 Å². The van der Waals surface area contributed by atoms with Gasteiger partial charge in [0.2, 0.25) is 18.6 Å². The highest BCUT2D eigenvalue weighted by molar-refractivity contribution is 6.05. The van der Waals surface area contributed by atoms with E-state index < -0.39 is 6.04 Å². The van der Waals surface area contributed by atoms with E-state index in [1.807, 2.05) is 53.1 Å². The van der Waals surface area contributed by atoms with Gasteiger partial charge in [0.1, 0.15) is 11.8 Å². The Hall–Kier alpha value is -4.53. The Morgan fingerprint density at radius 2 is 1.89 bits per heavy atom. The molecule has 2 amide bonds. The number of amides is 2. The summed E-state index contributed by atoms with van der Waals surface area (Å²) >= 11 is 0. The summed E-state index contributed by atoms with van der Waals surface area (Å²) in [6.07, 6.45) is -0.0280. The molecule has 0 bridgehead atoms. The van der Waals surface area contributed by atoms with Gasteiger partial charge < -0.3 is 19.5 Å². The number of nitrogens with zero attached hydrogens (tertiary/aromatic N) is 3. The minimum absolute atomic E-state index is 0.0280. The Labute approximate surface area is 200 Å². The summed E-state index contributed by atoms with van der Waals surface area (Å²) in [6.45, 7) is 0.496. The van der Waals surface area contributed by atoms with Gasteiger partial charge >= 0.3 is 0 Å². The fraction of sp³-hybridized carbons (Fsp3) is 0.192. The predicted octanol–water partition coefficient (Wildman–Crippen LogP) is 3.89. The first-order valence-electron chi connectivity index (χ1n) is 11.2. The molecule has 35 heavy (non-hydrogen) atoms. The van der Waals surface area contributed by atoms with Crippen molar-refractivity contribution in [2.45, 2.75) is 19.0 Å². The molecule has 4 aromatic rings. The lowest BCUT2D eigenvalue weighted by atomic mass is 10.1. The standard InChI is InChI=1S/C26H22N4O5/c1-33-18-9-6-16(7-10-18)14-29-25(32)21(30-20-5-3-2-4-19(20)28-26(29)30)13-24(31)27-17-8-11-22-23(12-17)35-15-34-22/h2-12,21H,13-15H2,1H3,(H,27,31). The zero-order valence-electron chi connectivity index (χ0n) is 18.9. The smallest absolute Gasteiger partial charge is 0.253 e. The number of hydrogen-bond acceptors (Lipinski definition) is 6. The number of nitrogens with one attached hydrogen (secondary N) is 1. The van der Waals surface area contributed by atoms with Crippen LogP contribution in [-0.2, 0) is 16.1 Å². The van der Waals surface area contributed by atoms with Gasteiger partial charge in [-0.1, -0.05) is 24.3 Å². The number of aromatic nitrogens is 2. The molecule has 0 saturated heterocycles. The summed E-state index contributed by atoms with van der Waals surface area (Å²) in [6, 6.07) is 19.7. The van der Waals surface area contributed by atoms with Crippen LogP contribution >= 0.6 is 0 Å². The van der Waals surface area contributed by atoms with Crippen LogP contribution in [0.15, 0.2) is 66.7 Å². The van der Waals surface area contributed by atoms with Gasteiger partial charge in [-0.05, 0) is 42.0 Å². The molecule has 2 aliphatic rings. The minimum atomic E-state index is -0.704. The molecule has 2 aliphatic heterocycles. The van der Waals surface area contributed by atoms with Crippen LogP contribution in [-0.4, -0.2) is 35.3 Å². The summed E-state index contributed by atoms with van der Waals surface area (Å²) in [5.74, 6) is 2.04. The third kappa shape index (κ3) is 3.71. The highest BCUT2D eigenvalue weighted by atomic mass is 16.7. The average molecular weight is 470 g/mol. The van der Waals surface area contributed by atoms with E-state index in [1.165, 1.54) is 0 Å². The third-order valence-corrected chi connectivity index (χ3v) is 6.22. The third-order valence-electron chi connectivity index (χ3n) is 6.22. The van der Waals surface area contributed by atoms with Crippen LogP contribution in [0.2, 0.25) is 0 Å². The van der Waals surface area contributed by atoms with Gasteiger partial charge in [0.15, 0.2) is 11.5 Å². The van der Waals surface area contributed by atoms with Crippen molar-refractivity contribution in [3.05, 3.63) is 72.3 Å². The fourth-order valence-corrected chi connectivity index (χ4v) is 4.52. The molecule has 1 atom stereocenters. The molecule has 176 valence electrons. The summed E-state index contributed by atoms with van der Waals surface area (Å²) < 4.78 is 17.8. The number of benzene rings is 3. The van der Waals surface area contributed by atoms with Crippen molar-refractivity contribution < 1.29 is 23.8 Å². The minimum Gasteiger partial charge on any atom is -0.497 e. The number of anilines is 2. The normalized spacial score (nSPS) is 16.0. The van der Waals surface area contributed by atoms with E-state index in [9.17, 15) is 9.59 Å². The van der Waals surface area contributed by atoms with E-state index in [2.05, 4.69) is 5.32 Å². The van der Waals surface area contributed by atoms with Crippen molar-refractivity contribution in [3.63, 3.8) is 0 Å². The lowest BCUT2D eigenvalue weighted by Crippen LogP contribution is -2.31. The zero-order chi connectivity index (χ0) is 23.9. The van der Waals surface area contributed by atoms with E-state index in [-0.39, 0.29) is 25.0 Å². The van der Waals surface area contributed by atoms with Crippen molar-refractivity contribution in [2.75, 3.05) is 24.1 Å². The quantitative estimate of drug-likeness (QED) is 0.460. The first kappa shape index (κ1) is 21.0. The number of fused-ring (bicyclic) bond motifs is 4. The molecule has 6 rings (SSSR count). The molecule has 9 nitrogen and oxygen atoms in total.